The molecule has 1 saturated carbocycles. The summed E-state index contributed by atoms with van der Waals surface area (Å²) < 4.78 is 32.1. The monoisotopic (exact) mass is 341 g/mol. The van der Waals surface area contributed by atoms with E-state index in [9.17, 15) is 13.2 Å². The van der Waals surface area contributed by atoms with Crippen LogP contribution in [0.2, 0.25) is 0 Å². The highest BCUT2D eigenvalue weighted by Crippen LogP contribution is 2.43. The summed E-state index contributed by atoms with van der Waals surface area (Å²) in [6.07, 6.45) is 1.81. The van der Waals surface area contributed by atoms with E-state index in [1.165, 1.54) is 7.11 Å². The van der Waals surface area contributed by atoms with Gasteiger partial charge in [0.1, 0.15) is 4.75 Å². The first kappa shape index (κ1) is 17.9. The lowest BCUT2D eigenvalue weighted by atomic mass is 10.0. The van der Waals surface area contributed by atoms with Crippen molar-refractivity contribution in [2.24, 2.45) is 0 Å². The van der Waals surface area contributed by atoms with Gasteiger partial charge in [-0.15, -0.1) is 0 Å². The number of sulfonamides is 1. The van der Waals surface area contributed by atoms with Gasteiger partial charge in [0.2, 0.25) is 10.0 Å². The van der Waals surface area contributed by atoms with E-state index in [0.717, 1.165) is 5.56 Å². The Hall–Kier alpha value is -1.44. The lowest BCUT2D eigenvalue weighted by molar-refractivity contribution is -0.137. The second-order valence-electron chi connectivity index (χ2n) is 6.06. The molecule has 1 fully saturated rings. The lowest BCUT2D eigenvalue weighted by Crippen LogP contribution is -2.45. The molecule has 1 aliphatic carbocycles. The van der Waals surface area contributed by atoms with Crippen molar-refractivity contribution in [3.8, 4) is 0 Å². The molecular formula is C16H23NO5S. The molecule has 0 radical (unpaired) electrons. The predicted octanol–water partition coefficient (Wildman–Crippen LogP) is 1.56. The van der Waals surface area contributed by atoms with E-state index in [-0.39, 0.29) is 19.4 Å². The third-order valence-electron chi connectivity index (χ3n) is 4.14. The maximum Gasteiger partial charge on any atom is 0.303 e. The van der Waals surface area contributed by atoms with Crippen LogP contribution in [-0.4, -0.2) is 44.0 Å². The first-order valence-corrected chi connectivity index (χ1v) is 9.13. The van der Waals surface area contributed by atoms with Gasteiger partial charge in [-0.05, 0) is 31.2 Å². The van der Waals surface area contributed by atoms with E-state index < -0.39 is 26.8 Å². The molecule has 0 bridgehead atoms. The lowest BCUT2D eigenvalue weighted by Gasteiger charge is -2.22. The number of ether oxygens (including phenoxy) is 1. The molecule has 0 saturated heterocycles. The minimum absolute atomic E-state index is 0.0721. The van der Waals surface area contributed by atoms with Crippen LogP contribution in [0.25, 0.3) is 0 Å². The fraction of sp³-hybridized carbons (Fsp3) is 0.562. The molecule has 1 aliphatic rings. The molecule has 2 N–H and O–H groups in total. The van der Waals surface area contributed by atoms with Gasteiger partial charge in [-0.2, -0.15) is 0 Å². The number of carboxylic acid groups (broad SMARTS) is 1. The Kier molecular flexibility index (Phi) is 5.78. The van der Waals surface area contributed by atoms with Crippen LogP contribution in [0.5, 0.6) is 0 Å². The van der Waals surface area contributed by atoms with Gasteiger partial charge < -0.3 is 9.84 Å². The van der Waals surface area contributed by atoms with E-state index in [2.05, 4.69) is 4.72 Å². The average Bonchev–Trinajstić information content (AvgIpc) is 3.27. The van der Waals surface area contributed by atoms with Crippen molar-refractivity contribution in [1.29, 1.82) is 0 Å². The number of carbonyl (C=O) groups is 1. The SMILES string of the molecule is COCC1(S(=O)(=O)NC(CCC(=O)O)Cc2ccccc2)CC1. The number of carboxylic acids is 1. The molecule has 0 aromatic heterocycles. The van der Waals surface area contributed by atoms with Gasteiger partial charge in [-0.1, -0.05) is 30.3 Å². The zero-order valence-electron chi connectivity index (χ0n) is 13.2. The Morgan fingerprint density at radius 2 is 2.00 bits per heavy atom. The Morgan fingerprint density at radius 1 is 1.35 bits per heavy atom. The largest absolute Gasteiger partial charge is 0.481 e. The van der Waals surface area contributed by atoms with Gasteiger partial charge >= 0.3 is 5.97 Å². The van der Waals surface area contributed by atoms with E-state index in [1.54, 1.807) is 0 Å². The number of hydrogen-bond donors (Lipinski definition) is 2. The second kappa shape index (κ2) is 7.42. The fourth-order valence-electron chi connectivity index (χ4n) is 2.64. The van der Waals surface area contributed by atoms with Crippen LogP contribution in [-0.2, 0) is 26.0 Å². The highest BCUT2D eigenvalue weighted by Gasteiger charge is 2.55. The number of nitrogens with one attached hydrogen (secondary N) is 1. The van der Waals surface area contributed by atoms with Gasteiger partial charge in [-0.3, -0.25) is 4.79 Å². The van der Waals surface area contributed by atoms with E-state index >= 15 is 0 Å². The first-order valence-electron chi connectivity index (χ1n) is 7.65. The normalized spacial score (nSPS) is 17.6. The minimum Gasteiger partial charge on any atom is -0.481 e. The summed E-state index contributed by atoms with van der Waals surface area (Å²) in [6, 6.07) is 9.02. The molecule has 1 aromatic rings. The highest BCUT2D eigenvalue weighted by molar-refractivity contribution is 7.91. The molecule has 0 amide bonds. The van der Waals surface area contributed by atoms with E-state index in [4.69, 9.17) is 9.84 Å². The first-order chi connectivity index (χ1) is 10.9. The number of hydrogen-bond acceptors (Lipinski definition) is 4. The Labute approximate surface area is 136 Å². The minimum atomic E-state index is -3.55. The molecule has 6 nitrogen and oxygen atoms in total. The van der Waals surface area contributed by atoms with Gasteiger partial charge in [0.15, 0.2) is 0 Å². The van der Waals surface area contributed by atoms with Gasteiger partial charge in [0.05, 0.1) is 6.61 Å². The molecule has 128 valence electrons. The van der Waals surface area contributed by atoms with Gasteiger partial charge in [-0.25, -0.2) is 13.1 Å². The Balaban J connectivity index is 2.09. The maximum absolute atomic E-state index is 12.6. The van der Waals surface area contributed by atoms with Crippen molar-refractivity contribution in [3.05, 3.63) is 35.9 Å². The van der Waals surface area contributed by atoms with Crippen LogP contribution in [0.15, 0.2) is 30.3 Å². The molecular weight excluding hydrogens is 318 g/mol. The van der Waals surface area contributed by atoms with Crippen LogP contribution in [0.3, 0.4) is 0 Å². The summed E-state index contributed by atoms with van der Waals surface area (Å²) in [6.45, 7) is 0.166. The van der Waals surface area contributed by atoms with Crippen LogP contribution in [0.4, 0.5) is 0 Å². The molecule has 1 aromatic carbocycles. The fourth-order valence-corrected chi connectivity index (χ4v) is 4.44. The number of aliphatic carboxylic acids is 1. The van der Waals surface area contributed by atoms with Crippen molar-refractivity contribution in [1.82, 2.24) is 4.72 Å². The van der Waals surface area contributed by atoms with E-state index in [0.29, 0.717) is 19.3 Å². The van der Waals surface area contributed by atoms with Crippen molar-refractivity contribution in [3.63, 3.8) is 0 Å². The molecule has 0 aliphatic heterocycles. The molecule has 23 heavy (non-hydrogen) atoms. The predicted molar refractivity (Wildman–Crippen MR) is 86.7 cm³/mol. The molecule has 1 atom stereocenters. The second-order valence-corrected chi connectivity index (χ2v) is 8.16. The summed E-state index contributed by atoms with van der Waals surface area (Å²) in [4.78, 5) is 10.8. The molecule has 0 spiro atoms. The third kappa shape index (κ3) is 4.76. The standard InChI is InChI=1S/C16H23NO5S/c1-22-12-16(9-10-16)23(20,21)17-14(7-8-15(18)19)11-13-5-3-2-4-6-13/h2-6,14,17H,7-12H2,1H3,(H,18,19). The van der Waals surface area contributed by atoms with Crippen LogP contribution >= 0.6 is 0 Å². The Morgan fingerprint density at radius 3 is 2.52 bits per heavy atom. The molecule has 0 heterocycles. The summed E-state index contributed by atoms with van der Waals surface area (Å²) in [5, 5.41) is 8.89. The topological polar surface area (TPSA) is 92.7 Å². The van der Waals surface area contributed by atoms with Crippen molar-refractivity contribution in [2.45, 2.75) is 42.9 Å². The molecule has 2 rings (SSSR count). The van der Waals surface area contributed by atoms with Crippen LogP contribution < -0.4 is 4.72 Å². The van der Waals surface area contributed by atoms with Crippen LogP contribution in [0.1, 0.15) is 31.2 Å². The zero-order valence-corrected chi connectivity index (χ0v) is 14.0. The van der Waals surface area contributed by atoms with Crippen molar-refractivity contribution in [2.75, 3.05) is 13.7 Å². The zero-order chi connectivity index (χ0) is 16.9. The Bertz CT molecular complexity index is 625. The van der Waals surface area contributed by atoms with Gasteiger partial charge in [0.25, 0.3) is 0 Å². The molecule has 7 heteroatoms. The quantitative estimate of drug-likeness (QED) is 0.674. The van der Waals surface area contributed by atoms with Crippen molar-refractivity contribution >= 4 is 16.0 Å². The number of benzene rings is 1. The van der Waals surface area contributed by atoms with Crippen LogP contribution in [0, 0.1) is 0 Å². The maximum atomic E-state index is 12.6. The summed E-state index contributed by atoms with van der Waals surface area (Å²) in [5.41, 5.74) is 0.974. The summed E-state index contributed by atoms with van der Waals surface area (Å²) >= 11 is 0. The number of rotatable bonds is 10. The smallest absolute Gasteiger partial charge is 0.303 e. The third-order valence-corrected chi connectivity index (χ3v) is 6.45. The summed E-state index contributed by atoms with van der Waals surface area (Å²) in [5.74, 6) is -0.930. The molecule has 1 unspecified atom stereocenters. The average molecular weight is 341 g/mol. The highest BCUT2D eigenvalue weighted by atomic mass is 32.2. The van der Waals surface area contributed by atoms with E-state index in [1.807, 2.05) is 30.3 Å². The summed E-state index contributed by atoms with van der Waals surface area (Å²) in [7, 11) is -2.06. The number of methoxy groups -OCH3 is 1. The van der Waals surface area contributed by atoms with Gasteiger partial charge in [0, 0.05) is 19.6 Å². The van der Waals surface area contributed by atoms with Crippen molar-refractivity contribution < 1.29 is 23.1 Å².